The van der Waals surface area contributed by atoms with Crippen molar-refractivity contribution in [2.24, 2.45) is 0 Å². The first-order valence-corrected chi connectivity index (χ1v) is 7.01. The van der Waals surface area contributed by atoms with Gasteiger partial charge in [-0.25, -0.2) is 0 Å². The third-order valence-corrected chi connectivity index (χ3v) is 3.73. The van der Waals surface area contributed by atoms with Gasteiger partial charge in [0.15, 0.2) is 5.78 Å². The molecule has 2 aromatic rings. The van der Waals surface area contributed by atoms with E-state index in [0.717, 1.165) is 15.8 Å². The van der Waals surface area contributed by atoms with E-state index in [1.54, 1.807) is 13.1 Å². The highest BCUT2D eigenvalue weighted by Gasteiger charge is 2.13. The number of hydrogen-bond donors (Lipinski definition) is 1. The van der Waals surface area contributed by atoms with Crippen LogP contribution in [0.15, 0.2) is 29.3 Å². The Kier molecular flexibility index (Phi) is 4.27. The van der Waals surface area contributed by atoms with Crippen molar-refractivity contribution in [3.05, 3.63) is 30.0 Å². The number of fused-ring (bicyclic) bond motifs is 1. The molecule has 2 rings (SSSR count). The third kappa shape index (κ3) is 2.98. The molecule has 0 aliphatic rings. The predicted molar refractivity (Wildman–Crippen MR) is 75.7 cm³/mol. The summed E-state index contributed by atoms with van der Waals surface area (Å²) in [4.78, 5) is 27.0. The van der Waals surface area contributed by atoms with Gasteiger partial charge in [0.25, 0.3) is 0 Å². The highest BCUT2D eigenvalue weighted by molar-refractivity contribution is 8.00. The van der Waals surface area contributed by atoms with Crippen LogP contribution in [-0.2, 0) is 9.53 Å². The first-order valence-electron chi connectivity index (χ1n) is 6.03. The summed E-state index contributed by atoms with van der Waals surface area (Å²) in [6, 6.07) is 5.72. The number of ketones is 1. The number of esters is 1. The van der Waals surface area contributed by atoms with Crippen molar-refractivity contribution in [1.29, 1.82) is 0 Å². The van der Waals surface area contributed by atoms with Crippen molar-refractivity contribution >= 4 is 34.4 Å². The van der Waals surface area contributed by atoms with Crippen molar-refractivity contribution in [3.8, 4) is 0 Å². The Morgan fingerprint density at radius 2 is 2.16 bits per heavy atom. The van der Waals surface area contributed by atoms with Gasteiger partial charge in [-0.1, -0.05) is 6.07 Å². The SMILES string of the molecule is CCOC(=O)CSc1cccc2[nH]cc(C(C)=O)c12. The molecule has 4 nitrogen and oxygen atoms in total. The Balaban J connectivity index is 2.29. The number of H-pyrrole nitrogens is 1. The molecule has 0 fully saturated rings. The lowest BCUT2D eigenvalue weighted by molar-refractivity contribution is -0.139. The molecular formula is C14H15NO3S. The highest BCUT2D eigenvalue weighted by Crippen LogP contribution is 2.30. The minimum atomic E-state index is -0.246. The molecule has 100 valence electrons. The molecule has 5 heteroatoms. The number of ether oxygens (including phenoxy) is 1. The molecule has 0 saturated carbocycles. The Labute approximate surface area is 115 Å². The van der Waals surface area contributed by atoms with E-state index in [9.17, 15) is 9.59 Å². The molecule has 0 unspecified atom stereocenters. The van der Waals surface area contributed by atoms with Crippen molar-refractivity contribution in [3.63, 3.8) is 0 Å². The van der Waals surface area contributed by atoms with Crippen LogP contribution in [0.4, 0.5) is 0 Å². The average Bonchev–Trinajstić information content (AvgIpc) is 2.81. The van der Waals surface area contributed by atoms with E-state index in [0.29, 0.717) is 12.2 Å². The van der Waals surface area contributed by atoms with E-state index in [-0.39, 0.29) is 17.5 Å². The van der Waals surface area contributed by atoms with Gasteiger partial charge in [-0.2, -0.15) is 0 Å². The lowest BCUT2D eigenvalue weighted by atomic mass is 10.1. The lowest BCUT2D eigenvalue weighted by Crippen LogP contribution is -2.06. The van der Waals surface area contributed by atoms with Gasteiger partial charge >= 0.3 is 5.97 Å². The van der Waals surface area contributed by atoms with Gasteiger partial charge in [-0.05, 0) is 26.0 Å². The molecule has 1 N–H and O–H groups in total. The lowest BCUT2D eigenvalue weighted by Gasteiger charge is -2.05. The molecule has 1 aromatic heterocycles. The maximum Gasteiger partial charge on any atom is 0.316 e. The summed E-state index contributed by atoms with van der Waals surface area (Å²) in [6.45, 7) is 3.70. The molecule has 19 heavy (non-hydrogen) atoms. The van der Waals surface area contributed by atoms with E-state index in [2.05, 4.69) is 4.98 Å². The number of rotatable bonds is 5. The van der Waals surface area contributed by atoms with Gasteiger partial charge < -0.3 is 9.72 Å². The van der Waals surface area contributed by atoms with Crippen LogP contribution in [0.2, 0.25) is 0 Å². The second-order valence-corrected chi connectivity index (χ2v) is 5.05. The largest absolute Gasteiger partial charge is 0.465 e. The third-order valence-electron chi connectivity index (χ3n) is 2.70. The molecule has 0 atom stereocenters. The summed E-state index contributed by atoms with van der Waals surface area (Å²) >= 11 is 1.39. The predicted octanol–water partition coefficient (Wildman–Crippen LogP) is 3.03. The van der Waals surface area contributed by atoms with Crippen molar-refractivity contribution < 1.29 is 14.3 Å². The number of carbonyl (C=O) groups excluding carboxylic acids is 2. The maximum atomic E-state index is 11.6. The van der Waals surface area contributed by atoms with E-state index >= 15 is 0 Å². The number of hydrogen-bond acceptors (Lipinski definition) is 4. The molecular weight excluding hydrogens is 262 g/mol. The quantitative estimate of drug-likeness (QED) is 0.518. The normalized spacial score (nSPS) is 10.6. The van der Waals surface area contributed by atoms with E-state index in [4.69, 9.17) is 4.74 Å². The minimum absolute atomic E-state index is 0.00966. The van der Waals surface area contributed by atoms with Crippen molar-refractivity contribution in [1.82, 2.24) is 4.98 Å². The zero-order chi connectivity index (χ0) is 13.8. The second-order valence-electron chi connectivity index (χ2n) is 4.03. The van der Waals surface area contributed by atoms with Crippen molar-refractivity contribution in [2.75, 3.05) is 12.4 Å². The monoisotopic (exact) mass is 277 g/mol. The second kappa shape index (κ2) is 5.93. The van der Waals surface area contributed by atoms with E-state index in [1.165, 1.54) is 18.7 Å². The van der Waals surface area contributed by atoms with E-state index in [1.807, 2.05) is 18.2 Å². The number of aromatic amines is 1. The molecule has 0 saturated heterocycles. The maximum absolute atomic E-state index is 11.6. The highest BCUT2D eigenvalue weighted by atomic mass is 32.2. The fourth-order valence-corrected chi connectivity index (χ4v) is 2.78. The number of carbonyl (C=O) groups is 2. The van der Waals surface area contributed by atoms with Crippen LogP contribution in [0.25, 0.3) is 10.9 Å². The molecule has 1 heterocycles. The summed E-state index contributed by atoms with van der Waals surface area (Å²) < 4.78 is 4.90. The van der Waals surface area contributed by atoms with Crippen LogP contribution >= 0.6 is 11.8 Å². The van der Waals surface area contributed by atoms with Crippen LogP contribution in [0.5, 0.6) is 0 Å². The van der Waals surface area contributed by atoms with Gasteiger partial charge in [0.1, 0.15) is 0 Å². The topological polar surface area (TPSA) is 59.2 Å². The molecule has 0 amide bonds. The van der Waals surface area contributed by atoms with Crippen LogP contribution in [0.1, 0.15) is 24.2 Å². The van der Waals surface area contributed by atoms with Gasteiger partial charge in [-0.3, -0.25) is 9.59 Å². The first-order chi connectivity index (χ1) is 9.13. The molecule has 0 spiro atoms. The summed E-state index contributed by atoms with van der Waals surface area (Å²) in [5, 5.41) is 0.879. The van der Waals surface area contributed by atoms with Gasteiger partial charge in [0.2, 0.25) is 0 Å². The number of benzene rings is 1. The number of Topliss-reactive ketones (excluding diaryl/α,β-unsaturated/α-hetero) is 1. The van der Waals surface area contributed by atoms with Crippen LogP contribution in [0.3, 0.4) is 0 Å². The van der Waals surface area contributed by atoms with E-state index < -0.39 is 0 Å². The Bertz CT molecular complexity index is 618. The minimum Gasteiger partial charge on any atom is -0.465 e. The molecule has 0 bridgehead atoms. The van der Waals surface area contributed by atoms with Gasteiger partial charge in [0, 0.05) is 27.6 Å². The molecule has 0 aliphatic carbocycles. The summed E-state index contributed by atoms with van der Waals surface area (Å²) in [6.07, 6.45) is 1.71. The zero-order valence-electron chi connectivity index (χ0n) is 10.9. The summed E-state index contributed by atoms with van der Waals surface area (Å²) in [5.41, 5.74) is 1.56. The standard InChI is InChI=1S/C14H15NO3S/c1-3-18-13(17)8-19-12-6-4-5-11-14(12)10(7-15-11)9(2)16/h4-7,15H,3,8H2,1-2H3. The molecule has 0 radical (unpaired) electrons. The first kappa shape index (κ1) is 13.7. The summed E-state index contributed by atoms with van der Waals surface area (Å²) in [5.74, 6) is 0.00926. The smallest absolute Gasteiger partial charge is 0.316 e. The Hall–Kier alpha value is -1.75. The van der Waals surface area contributed by atoms with Crippen molar-refractivity contribution in [2.45, 2.75) is 18.7 Å². The van der Waals surface area contributed by atoms with Gasteiger partial charge in [-0.15, -0.1) is 11.8 Å². The summed E-state index contributed by atoms with van der Waals surface area (Å²) in [7, 11) is 0. The number of aromatic nitrogens is 1. The fourth-order valence-electron chi connectivity index (χ4n) is 1.89. The Morgan fingerprint density at radius 1 is 1.37 bits per heavy atom. The van der Waals surface area contributed by atoms with Gasteiger partial charge in [0.05, 0.1) is 12.4 Å². The number of nitrogens with one attached hydrogen (secondary N) is 1. The van der Waals surface area contributed by atoms with Crippen LogP contribution in [0, 0.1) is 0 Å². The number of thioether (sulfide) groups is 1. The zero-order valence-corrected chi connectivity index (χ0v) is 11.7. The average molecular weight is 277 g/mol. The van der Waals surface area contributed by atoms with Crippen LogP contribution < -0.4 is 0 Å². The molecule has 0 aliphatic heterocycles. The fraction of sp³-hybridized carbons (Fsp3) is 0.286. The Morgan fingerprint density at radius 3 is 2.84 bits per heavy atom. The molecule has 1 aromatic carbocycles. The van der Waals surface area contributed by atoms with Crippen LogP contribution in [-0.4, -0.2) is 29.1 Å².